The van der Waals surface area contributed by atoms with Crippen LogP contribution < -0.4 is 0 Å². The van der Waals surface area contributed by atoms with Gasteiger partial charge in [-0.2, -0.15) is 4.31 Å². The largest absolute Gasteiger partial charge is 0.219 e. The van der Waals surface area contributed by atoms with E-state index in [0.29, 0.717) is 13.1 Å². The quantitative estimate of drug-likeness (QED) is 0.526. The molecule has 0 atom stereocenters. The highest BCUT2D eigenvalue weighted by Crippen LogP contribution is 2.24. The number of hydrogen-bond acceptors (Lipinski definition) is 2. The van der Waals surface area contributed by atoms with Gasteiger partial charge in [0.25, 0.3) is 0 Å². The van der Waals surface area contributed by atoms with Gasteiger partial charge in [-0.25, -0.2) is 8.42 Å². The van der Waals surface area contributed by atoms with Crippen molar-refractivity contribution in [2.45, 2.75) is 25.5 Å². The first-order valence-electron chi connectivity index (χ1n) is 3.35. The molecule has 1 aliphatic heterocycles. The second-order valence-electron chi connectivity index (χ2n) is 3.52. The molecule has 1 rings (SSSR count). The Bertz CT molecular complexity index is 221. The van der Waals surface area contributed by atoms with E-state index in [1.165, 1.54) is 4.31 Å². The summed E-state index contributed by atoms with van der Waals surface area (Å²) >= 11 is 0. The standard InChI is InChI=1S/C6H13NO2S/c1-6(2,3)10(8,9)7-4-5-7/h4-5H2,1-3H3. The molecule has 1 saturated heterocycles. The van der Waals surface area contributed by atoms with Crippen LogP contribution in [0.15, 0.2) is 0 Å². The van der Waals surface area contributed by atoms with Gasteiger partial charge in [0.1, 0.15) is 0 Å². The molecular weight excluding hydrogens is 150 g/mol. The zero-order valence-electron chi connectivity index (χ0n) is 6.59. The zero-order valence-corrected chi connectivity index (χ0v) is 7.40. The highest BCUT2D eigenvalue weighted by molar-refractivity contribution is 7.90. The maximum absolute atomic E-state index is 11.3. The summed E-state index contributed by atoms with van der Waals surface area (Å²) in [5, 5.41) is 0. The van der Waals surface area contributed by atoms with Crippen LogP contribution in [0.25, 0.3) is 0 Å². The molecule has 0 aromatic carbocycles. The second-order valence-corrected chi connectivity index (χ2v) is 6.21. The Morgan fingerprint density at radius 2 is 1.60 bits per heavy atom. The molecule has 60 valence electrons. The summed E-state index contributed by atoms with van der Waals surface area (Å²) in [6.45, 7) is 6.58. The summed E-state index contributed by atoms with van der Waals surface area (Å²) in [4.78, 5) is 0. The molecule has 0 bridgehead atoms. The third-order valence-electron chi connectivity index (χ3n) is 1.52. The van der Waals surface area contributed by atoms with Crippen LogP contribution in [0, 0.1) is 0 Å². The summed E-state index contributed by atoms with van der Waals surface area (Å²) in [5.74, 6) is 0. The van der Waals surface area contributed by atoms with Crippen LogP contribution in [0.5, 0.6) is 0 Å². The first kappa shape index (κ1) is 8.01. The summed E-state index contributed by atoms with van der Waals surface area (Å²) < 4.78 is 23.6. The summed E-state index contributed by atoms with van der Waals surface area (Å²) in [7, 11) is -2.97. The Balaban J connectivity index is 2.88. The van der Waals surface area contributed by atoms with Gasteiger partial charge in [0.2, 0.25) is 10.0 Å². The zero-order chi connectivity index (χ0) is 7.99. The van der Waals surface area contributed by atoms with E-state index in [2.05, 4.69) is 0 Å². The fourth-order valence-electron chi connectivity index (χ4n) is 0.668. The smallest absolute Gasteiger partial charge is 0.212 e. The minimum atomic E-state index is -2.97. The van der Waals surface area contributed by atoms with Gasteiger partial charge < -0.3 is 0 Å². The highest BCUT2D eigenvalue weighted by atomic mass is 32.2. The van der Waals surface area contributed by atoms with Crippen LogP contribution in [0.3, 0.4) is 0 Å². The molecule has 0 spiro atoms. The lowest BCUT2D eigenvalue weighted by molar-refractivity contribution is 0.525. The molecule has 1 aliphatic rings. The fourth-order valence-corrected chi connectivity index (χ4v) is 2.01. The van der Waals surface area contributed by atoms with Crippen LogP contribution >= 0.6 is 0 Å². The maximum Gasteiger partial charge on any atom is 0.219 e. The van der Waals surface area contributed by atoms with Gasteiger partial charge in [-0.3, -0.25) is 0 Å². The van der Waals surface area contributed by atoms with Gasteiger partial charge in [0, 0.05) is 13.1 Å². The number of sulfonamides is 1. The van der Waals surface area contributed by atoms with Crippen LogP contribution in [0.2, 0.25) is 0 Å². The fraction of sp³-hybridized carbons (Fsp3) is 1.00. The molecular formula is C6H13NO2S. The van der Waals surface area contributed by atoms with E-state index in [1.54, 1.807) is 20.8 Å². The highest BCUT2D eigenvalue weighted by Gasteiger charge is 2.40. The van der Waals surface area contributed by atoms with E-state index >= 15 is 0 Å². The van der Waals surface area contributed by atoms with Gasteiger partial charge in [-0.05, 0) is 20.8 Å². The average Bonchev–Trinajstić information content (AvgIpc) is 2.38. The normalized spacial score (nSPS) is 21.1. The van der Waals surface area contributed by atoms with Crippen molar-refractivity contribution in [2.24, 2.45) is 0 Å². The summed E-state index contributed by atoms with van der Waals surface area (Å²) in [6.07, 6.45) is 0. The van der Waals surface area contributed by atoms with Crippen LogP contribution in [-0.2, 0) is 10.0 Å². The van der Waals surface area contributed by atoms with Crippen molar-refractivity contribution < 1.29 is 8.42 Å². The average molecular weight is 163 g/mol. The Morgan fingerprint density at radius 1 is 1.20 bits per heavy atom. The van der Waals surface area contributed by atoms with Crippen LogP contribution in [0.4, 0.5) is 0 Å². The summed E-state index contributed by atoms with van der Waals surface area (Å²) in [5.41, 5.74) is 0. The van der Waals surface area contributed by atoms with Gasteiger partial charge in [-0.1, -0.05) is 0 Å². The molecule has 0 aliphatic carbocycles. The molecule has 3 nitrogen and oxygen atoms in total. The molecule has 0 N–H and O–H groups in total. The minimum Gasteiger partial charge on any atom is -0.212 e. The SMILES string of the molecule is CC(C)(C)S(=O)(=O)N1CC1. The van der Waals surface area contributed by atoms with Crippen LogP contribution in [-0.4, -0.2) is 30.6 Å². The number of hydrogen-bond donors (Lipinski definition) is 0. The molecule has 4 heteroatoms. The first-order chi connectivity index (χ1) is 4.36. The lowest BCUT2D eigenvalue weighted by Gasteiger charge is -2.18. The van der Waals surface area contributed by atoms with Crippen molar-refractivity contribution in [3.05, 3.63) is 0 Å². The first-order valence-corrected chi connectivity index (χ1v) is 4.79. The van der Waals surface area contributed by atoms with E-state index in [9.17, 15) is 8.42 Å². The number of rotatable bonds is 1. The lowest BCUT2D eigenvalue weighted by atomic mass is 10.3. The van der Waals surface area contributed by atoms with Gasteiger partial charge >= 0.3 is 0 Å². The predicted octanol–water partition coefficient (Wildman–Crippen LogP) is 0.430. The second kappa shape index (κ2) is 1.95. The molecule has 10 heavy (non-hydrogen) atoms. The van der Waals surface area contributed by atoms with E-state index < -0.39 is 14.8 Å². The molecule has 0 radical (unpaired) electrons. The Morgan fingerprint density at radius 3 is 1.70 bits per heavy atom. The lowest BCUT2D eigenvalue weighted by Crippen LogP contribution is -2.33. The third kappa shape index (κ3) is 1.18. The predicted molar refractivity (Wildman–Crippen MR) is 40.2 cm³/mol. The Labute approximate surface area is 62.1 Å². The molecule has 0 aromatic rings. The van der Waals surface area contributed by atoms with E-state index in [0.717, 1.165) is 0 Å². The third-order valence-corrected chi connectivity index (χ3v) is 4.11. The molecule has 1 fully saturated rings. The monoisotopic (exact) mass is 163 g/mol. The van der Waals surface area contributed by atoms with Crippen molar-refractivity contribution in [2.75, 3.05) is 13.1 Å². The van der Waals surface area contributed by atoms with Crippen molar-refractivity contribution in [3.63, 3.8) is 0 Å². The topological polar surface area (TPSA) is 37.1 Å². The van der Waals surface area contributed by atoms with Crippen molar-refractivity contribution in [1.29, 1.82) is 0 Å². The van der Waals surface area contributed by atoms with E-state index in [1.807, 2.05) is 0 Å². The van der Waals surface area contributed by atoms with Crippen molar-refractivity contribution in [3.8, 4) is 0 Å². The molecule has 0 amide bonds. The Kier molecular flexibility index (Phi) is 1.56. The van der Waals surface area contributed by atoms with Gasteiger partial charge in [-0.15, -0.1) is 0 Å². The van der Waals surface area contributed by atoms with Crippen molar-refractivity contribution in [1.82, 2.24) is 4.31 Å². The maximum atomic E-state index is 11.3. The van der Waals surface area contributed by atoms with E-state index in [-0.39, 0.29) is 0 Å². The molecule has 0 aromatic heterocycles. The Hall–Kier alpha value is -0.0900. The van der Waals surface area contributed by atoms with Gasteiger partial charge in [0.15, 0.2) is 0 Å². The molecule has 1 heterocycles. The van der Waals surface area contributed by atoms with E-state index in [4.69, 9.17) is 0 Å². The van der Waals surface area contributed by atoms with Crippen molar-refractivity contribution >= 4 is 10.0 Å². The minimum absolute atomic E-state index is 0.622. The van der Waals surface area contributed by atoms with Gasteiger partial charge in [0.05, 0.1) is 4.75 Å². The molecule has 0 saturated carbocycles. The summed E-state index contributed by atoms with van der Waals surface area (Å²) in [6, 6.07) is 0. The molecule has 0 unspecified atom stereocenters. The van der Waals surface area contributed by atoms with Crippen LogP contribution in [0.1, 0.15) is 20.8 Å². The number of nitrogens with zero attached hydrogens (tertiary/aromatic N) is 1.